The van der Waals surface area contributed by atoms with Gasteiger partial charge in [0.25, 0.3) is 0 Å². The number of hydrogen-bond acceptors (Lipinski definition) is 4. The molecule has 1 aromatic rings. The molecule has 1 aliphatic carbocycles. The first-order valence-electron chi connectivity index (χ1n) is 6.35. The number of ether oxygens (including phenoxy) is 3. The molecule has 0 radical (unpaired) electrons. The molecule has 0 saturated heterocycles. The van der Waals surface area contributed by atoms with Crippen molar-refractivity contribution in [2.24, 2.45) is 5.73 Å². The first kappa shape index (κ1) is 14.5. The van der Waals surface area contributed by atoms with E-state index in [0.717, 1.165) is 41.5 Å². The predicted molar refractivity (Wildman–Crippen MR) is 78.1 cm³/mol. The third kappa shape index (κ3) is 2.41. The normalized spacial score (nSPS) is 17.3. The number of hydrogen-bond donors (Lipinski definition) is 1. The minimum Gasteiger partial charge on any atom is -0.496 e. The van der Waals surface area contributed by atoms with Crippen LogP contribution in [0.4, 0.5) is 0 Å². The van der Waals surface area contributed by atoms with E-state index < -0.39 is 0 Å². The fourth-order valence-electron chi connectivity index (χ4n) is 2.81. The molecule has 2 rings (SSSR count). The largest absolute Gasteiger partial charge is 0.496 e. The lowest BCUT2D eigenvalue weighted by molar-refractivity contribution is 0.336. The number of nitrogens with two attached hydrogens (primary N) is 1. The fraction of sp³-hybridized carbons (Fsp3) is 0.571. The summed E-state index contributed by atoms with van der Waals surface area (Å²) in [5, 5.41) is 0. The molecule has 0 spiro atoms. The summed E-state index contributed by atoms with van der Waals surface area (Å²) in [5.41, 5.74) is 7.19. The van der Waals surface area contributed by atoms with E-state index in [9.17, 15) is 0 Å². The van der Waals surface area contributed by atoms with Crippen LogP contribution in [0.5, 0.6) is 17.2 Å². The average Bonchev–Trinajstić information content (AvgIpc) is 2.84. The Bertz CT molecular complexity index is 470. The second-order valence-electron chi connectivity index (χ2n) is 4.87. The van der Waals surface area contributed by atoms with Gasteiger partial charge in [0.05, 0.1) is 25.8 Å². The van der Waals surface area contributed by atoms with Gasteiger partial charge in [-0.1, -0.05) is 12.8 Å². The Hall–Kier alpha value is -0.940. The monoisotopic (exact) mass is 329 g/mol. The maximum atomic E-state index is 6.57. The van der Waals surface area contributed by atoms with Crippen molar-refractivity contribution >= 4 is 15.9 Å². The van der Waals surface area contributed by atoms with E-state index in [2.05, 4.69) is 15.9 Å². The molecule has 0 aliphatic heterocycles. The number of benzene rings is 1. The van der Waals surface area contributed by atoms with Gasteiger partial charge >= 0.3 is 0 Å². The molecule has 0 aromatic heterocycles. The lowest BCUT2D eigenvalue weighted by Crippen LogP contribution is -2.34. The third-order valence-corrected chi connectivity index (χ3v) is 4.55. The quantitative estimate of drug-likeness (QED) is 0.921. The Morgan fingerprint density at radius 3 is 2.11 bits per heavy atom. The number of halogens is 1. The van der Waals surface area contributed by atoms with Gasteiger partial charge in [-0.25, -0.2) is 0 Å². The van der Waals surface area contributed by atoms with Crippen LogP contribution in [0.15, 0.2) is 10.5 Å². The van der Waals surface area contributed by atoms with Crippen molar-refractivity contribution in [2.45, 2.75) is 31.2 Å². The molecule has 4 nitrogen and oxygen atoms in total. The highest BCUT2D eigenvalue weighted by Gasteiger charge is 2.37. The van der Waals surface area contributed by atoms with E-state index in [-0.39, 0.29) is 5.54 Å². The van der Waals surface area contributed by atoms with Crippen LogP contribution in [-0.4, -0.2) is 21.3 Å². The summed E-state index contributed by atoms with van der Waals surface area (Å²) in [4.78, 5) is 0. The Kier molecular flexibility index (Phi) is 4.26. The number of rotatable bonds is 4. The van der Waals surface area contributed by atoms with E-state index in [0.29, 0.717) is 11.5 Å². The van der Waals surface area contributed by atoms with Gasteiger partial charge < -0.3 is 19.9 Å². The zero-order chi connectivity index (χ0) is 14.0. The summed E-state index contributed by atoms with van der Waals surface area (Å²) < 4.78 is 17.1. The van der Waals surface area contributed by atoms with Crippen molar-refractivity contribution in [1.29, 1.82) is 0 Å². The van der Waals surface area contributed by atoms with Gasteiger partial charge in [0.15, 0.2) is 11.5 Å². The molecule has 2 N–H and O–H groups in total. The van der Waals surface area contributed by atoms with Crippen LogP contribution in [0.3, 0.4) is 0 Å². The summed E-state index contributed by atoms with van der Waals surface area (Å²) in [6, 6.07) is 1.84. The van der Waals surface area contributed by atoms with E-state index in [1.807, 2.05) is 6.07 Å². The maximum absolute atomic E-state index is 6.57. The van der Waals surface area contributed by atoms with Gasteiger partial charge in [-0.05, 0) is 28.8 Å². The highest BCUT2D eigenvalue weighted by molar-refractivity contribution is 9.10. The van der Waals surface area contributed by atoms with Gasteiger partial charge in [0.2, 0.25) is 0 Å². The first-order chi connectivity index (χ1) is 9.07. The topological polar surface area (TPSA) is 53.7 Å². The van der Waals surface area contributed by atoms with E-state index >= 15 is 0 Å². The summed E-state index contributed by atoms with van der Waals surface area (Å²) in [5.74, 6) is 2.04. The van der Waals surface area contributed by atoms with Gasteiger partial charge in [0, 0.05) is 17.2 Å². The molecule has 106 valence electrons. The summed E-state index contributed by atoms with van der Waals surface area (Å²) >= 11 is 3.60. The molecular weight excluding hydrogens is 310 g/mol. The standard InChI is InChI=1S/C14H20BrNO3/c1-17-9-8-10(18-2)13(19-3)12(15)11(9)14(16)6-4-5-7-14/h8H,4-7,16H2,1-3H3. The molecule has 0 heterocycles. The minimum absolute atomic E-state index is 0.357. The van der Waals surface area contributed by atoms with Crippen LogP contribution in [-0.2, 0) is 5.54 Å². The Morgan fingerprint density at radius 2 is 1.63 bits per heavy atom. The van der Waals surface area contributed by atoms with Gasteiger partial charge in [-0.15, -0.1) is 0 Å². The predicted octanol–water partition coefficient (Wildman–Crippen LogP) is 3.20. The van der Waals surface area contributed by atoms with Gasteiger partial charge in [-0.3, -0.25) is 0 Å². The molecule has 1 aromatic carbocycles. The van der Waals surface area contributed by atoms with Crippen LogP contribution in [0, 0.1) is 0 Å². The van der Waals surface area contributed by atoms with Crippen LogP contribution < -0.4 is 19.9 Å². The van der Waals surface area contributed by atoms with Crippen LogP contribution >= 0.6 is 15.9 Å². The highest BCUT2D eigenvalue weighted by atomic mass is 79.9. The second-order valence-corrected chi connectivity index (χ2v) is 5.66. The van der Waals surface area contributed by atoms with Crippen molar-refractivity contribution in [2.75, 3.05) is 21.3 Å². The zero-order valence-corrected chi connectivity index (χ0v) is 13.2. The molecule has 0 amide bonds. The molecule has 19 heavy (non-hydrogen) atoms. The minimum atomic E-state index is -0.357. The smallest absolute Gasteiger partial charge is 0.175 e. The van der Waals surface area contributed by atoms with Crippen LogP contribution in [0.1, 0.15) is 31.2 Å². The molecule has 0 bridgehead atoms. The van der Waals surface area contributed by atoms with Crippen molar-refractivity contribution < 1.29 is 14.2 Å². The maximum Gasteiger partial charge on any atom is 0.175 e. The van der Waals surface area contributed by atoms with Crippen molar-refractivity contribution in [3.63, 3.8) is 0 Å². The molecule has 0 atom stereocenters. The molecule has 1 saturated carbocycles. The molecular formula is C14H20BrNO3. The zero-order valence-electron chi connectivity index (χ0n) is 11.6. The van der Waals surface area contributed by atoms with E-state index in [4.69, 9.17) is 19.9 Å². The van der Waals surface area contributed by atoms with Crippen molar-refractivity contribution in [1.82, 2.24) is 0 Å². The second kappa shape index (κ2) is 5.59. The summed E-state index contributed by atoms with van der Waals surface area (Å²) in [6.07, 6.45) is 4.19. The lowest BCUT2D eigenvalue weighted by Gasteiger charge is -2.29. The molecule has 0 unspecified atom stereocenters. The average molecular weight is 330 g/mol. The van der Waals surface area contributed by atoms with Gasteiger partial charge in [-0.2, -0.15) is 0 Å². The Labute approximate surface area is 122 Å². The third-order valence-electron chi connectivity index (χ3n) is 3.79. The highest BCUT2D eigenvalue weighted by Crippen LogP contribution is 2.50. The summed E-state index contributed by atoms with van der Waals surface area (Å²) in [7, 11) is 4.88. The van der Waals surface area contributed by atoms with E-state index in [1.54, 1.807) is 21.3 Å². The molecule has 1 fully saturated rings. The lowest BCUT2D eigenvalue weighted by atomic mass is 9.88. The van der Waals surface area contributed by atoms with Crippen molar-refractivity contribution in [3.8, 4) is 17.2 Å². The van der Waals surface area contributed by atoms with E-state index in [1.165, 1.54) is 0 Å². The van der Waals surface area contributed by atoms with Crippen LogP contribution in [0.25, 0.3) is 0 Å². The fourth-order valence-corrected chi connectivity index (χ4v) is 3.76. The number of methoxy groups -OCH3 is 3. The molecule has 5 heteroatoms. The Balaban J connectivity index is 2.64. The van der Waals surface area contributed by atoms with Crippen molar-refractivity contribution in [3.05, 3.63) is 16.1 Å². The Morgan fingerprint density at radius 1 is 1.05 bits per heavy atom. The SMILES string of the molecule is COc1cc(OC)c(C2(N)CCCC2)c(Br)c1OC. The van der Waals surface area contributed by atoms with Crippen LogP contribution in [0.2, 0.25) is 0 Å². The molecule has 1 aliphatic rings. The summed E-state index contributed by atoms with van der Waals surface area (Å²) in [6.45, 7) is 0. The van der Waals surface area contributed by atoms with Gasteiger partial charge in [0.1, 0.15) is 5.75 Å². The first-order valence-corrected chi connectivity index (χ1v) is 7.14.